The van der Waals surface area contributed by atoms with E-state index in [1.807, 2.05) is 37.4 Å². The van der Waals surface area contributed by atoms with Gasteiger partial charge in [-0.2, -0.15) is 5.10 Å². The van der Waals surface area contributed by atoms with Gasteiger partial charge in [-0.25, -0.2) is 9.89 Å². The molecule has 0 saturated carbocycles. The Labute approximate surface area is 131 Å². The number of aryl methyl sites for hydroxylation is 1. The lowest BCUT2D eigenvalue weighted by Gasteiger charge is -2.12. The minimum Gasteiger partial charge on any atom is -0.485 e. The zero-order valence-corrected chi connectivity index (χ0v) is 12.9. The molecule has 0 atom stereocenters. The number of ether oxygens (including phenoxy) is 1. The number of H-pyrrole nitrogens is 2. The summed E-state index contributed by atoms with van der Waals surface area (Å²) in [7, 11) is 1.64. The summed E-state index contributed by atoms with van der Waals surface area (Å²) in [5, 5.41) is 6.99. The SMILES string of the molecule is Cc1cc(OCc2n[nH]c(=O)n2C)c(-c2ccc[nH]2)cc1Cl. The van der Waals surface area contributed by atoms with Crippen LogP contribution in [-0.4, -0.2) is 19.7 Å². The second-order valence-electron chi connectivity index (χ2n) is 4.97. The maximum absolute atomic E-state index is 11.4. The van der Waals surface area contributed by atoms with Gasteiger partial charge in [-0.05, 0) is 36.8 Å². The Morgan fingerprint density at radius 3 is 2.86 bits per heavy atom. The molecule has 0 saturated heterocycles. The van der Waals surface area contributed by atoms with Crippen molar-refractivity contribution in [3.8, 4) is 17.0 Å². The summed E-state index contributed by atoms with van der Waals surface area (Å²) in [6, 6.07) is 7.59. The van der Waals surface area contributed by atoms with Gasteiger partial charge >= 0.3 is 5.69 Å². The monoisotopic (exact) mass is 318 g/mol. The summed E-state index contributed by atoms with van der Waals surface area (Å²) < 4.78 is 7.27. The van der Waals surface area contributed by atoms with Crippen molar-refractivity contribution < 1.29 is 4.74 Å². The first-order valence-electron chi connectivity index (χ1n) is 6.73. The minimum absolute atomic E-state index is 0.185. The smallest absolute Gasteiger partial charge is 0.343 e. The predicted molar refractivity (Wildman–Crippen MR) is 84.1 cm³/mol. The van der Waals surface area contributed by atoms with Crippen LogP contribution in [0.5, 0.6) is 5.75 Å². The molecule has 0 unspecified atom stereocenters. The van der Waals surface area contributed by atoms with Gasteiger partial charge in [0.25, 0.3) is 0 Å². The lowest BCUT2D eigenvalue weighted by atomic mass is 10.1. The lowest BCUT2D eigenvalue weighted by molar-refractivity contribution is 0.292. The van der Waals surface area contributed by atoms with Crippen LogP contribution in [0.3, 0.4) is 0 Å². The van der Waals surface area contributed by atoms with Gasteiger partial charge < -0.3 is 9.72 Å². The molecule has 0 aliphatic rings. The Bertz CT molecular complexity index is 849. The van der Waals surface area contributed by atoms with Gasteiger partial charge in [0.15, 0.2) is 5.82 Å². The van der Waals surface area contributed by atoms with Crippen LogP contribution in [0.2, 0.25) is 5.02 Å². The summed E-state index contributed by atoms with van der Waals surface area (Å²) in [6.07, 6.45) is 1.84. The summed E-state index contributed by atoms with van der Waals surface area (Å²) >= 11 is 6.22. The minimum atomic E-state index is -0.268. The molecule has 0 radical (unpaired) electrons. The molecule has 0 amide bonds. The molecule has 7 heteroatoms. The molecule has 2 N–H and O–H groups in total. The van der Waals surface area contributed by atoms with E-state index >= 15 is 0 Å². The van der Waals surface area contributed by atoms with E-state index in [1.54, 1.807) is 7.05 Å². The van der Waals surface area contributed by atoms with Crippen molar-refractivity contribution in [2.24, 2.45) is 7.05 Å². The second kappa shape index (κ2) is 5.73. The van der Waals surface area contributed by atoms with E-state index < -0.39 is 0 Å². The van der Waals surface area contributed by atoms with Crippen LogP contribution in [-0.2, 0) is 13.7 Å². The summed E-state index contributed by atoms with van der Waals surface area (Å²) in [5.41, 5.74) is 2.42. The molecule has 0 bridgehead atoms. The molecule has 22 heavy (non-hydrogen) atoms. The van der Waals surface area contributed by atoms with Gasteiger partial charge in [0, 0.05) is 29.5 Å². The van der Waals surface area contributed by atoms with Crippen molar-refractivity contribution in [1.82, 2.24) is 19.7 Å². The third-order valence-corrected chi connectivity index (χ3v) is 3.89. The van der Waals surface area contributed by atoms with E-state index in [0.29, 0.717) is 16.6 Å². The Kier molecular flexibility index (Phi) is 3.77. The largest absolute Gasteiger partial charge is 0.485 e. The first-order valence-corrected chi connectivity index (χ1v) is 7.11. The summed E-state index contributed by atoms with van der Waals surface area (Å²) in [5.74, 6) is 1.20. The number of nitrogens with zero attached hydrogens (tertiary/aromatic N) is 2. The highest BCUT2D eigenvalue weighted by atomic mass is 35.5. The van der Waals surface area contributed by atoms with Crippen LogP contribution < -0.4 is 10.4 Å². The number of aromatic amines is 2. The fourth-order valence-electron chi connectivity index (χ4n) is 2.13. The number of nitrogens with one attached hydrogen (secondary N) is 2. The third-order valence-electron chi connectivity index (χ3n) is 3.48. The number of hydrogen-bond donors (Lipinski definition) is 2. The molecule has 1 aromatic carbocycles. The first kappa shape index (κ1) is 14.5. The van der Waals surface area contributed by atoms with Crippen LogP contribution in [0.15, 0.2) is 35.3 Å². The van der Waals surface area contributed by atoms with Crippen molar-refractivity contribution in [2.75, 3.05) is 0 Å². The normalized spacial score (nSPS) is 10.9. The van der Waals surface area contributed by atoms with E-state index in [1.165, 1.54) is 4.57 Å². The zero-order chi connectivity index (χ0) is 15.7. The molecule has 114 valence electrons. The maximum Gasteiger partial charge on any atom is 0.343 e. The molecule has 3 aromatic rings. The Hall–Kier alpha value is -2.47. The summed E-state index contributed by atoms with van der Waals surface area (Å²) in [4.78, 5) is 14.5. The number of rotatable bonds is 4. The van der Waals surface area contributed by atoms with Crippen molar-refractivity contribution >= 4 is 11.6 Å². The fourth-order valence-corrected chi connectivity index (χ4v) is 2.30. The van der Waals surface area contributed by atoms with Crippen LogP contribution in [0.4, 0.5) is 0 Å². The molecule has 0 spiro atoms. The molecular formula is C15H15ClN4O2. The molecule has 3 rings (SSSR count). The third kappa shape index (κ3) is 2.65. The Morgan fingerprint density at radius 1 is 1.41 bits per heavy atom. The van der Waals surface area contributed by atoms with Crippen molar-refractivity contribution in [3.63, 3.8) is 0 Å². The van der Waals surface area contributed by atoms with Crippen molar-refractivity contribution in [1.29, 1.82) is 0 Å². The van der Waals surface area contributed by atoms with E-state index in [0.717, 1.165) is 16.8 Å². The van der Waals surface area contributed by atoms with Gasteiger partial charge in [0.2, 0.25) is 0 Å². The molecule has 2 aromatic heterocycles. The van der Waals surface area contributed by atoms with E-state index in [9.17, 15) is 4.79 Å². The number of aromatic nitrogens is 4. The summed E-state index contributed by atoms with van der Waals surface area (Å²) in [6.45, 7) is 2.10. The highest BCUT2D eigenvalue weighted by Crippen LogP contribution is 2.34. The van der Waals surface area contributed by atoms with E-state index in [4.69, 9.17) is 16.3 Å². The van der Waals surface area contributed by atoms with Gasteiger partial charge in [-0.15, -0.1) is 0 Å². The van der Waals surface area contributed by atoms with Crippen LogP contribution >= 0.6 is 11.6 Å². The van der Waals surface area contributed by atoms with Crippen molar-refractivity contribution in [3.05, 3.63) is 57.4 Å². The number of halogens is 1. The molecular weight excluding hydrogens is 304 g/mol. The Morgan fingerprint density at radius 2 is 2.23 bits per heavy atom. The molecule has 0 aliphatic heterocycles. The highest BCUT2D eigenvalue weighted by Gasteiger charge is 2.12. The Balaban J connectivity index is 1.94. The first-order chi connectivity index (χ1) is 10.6. The molecule has 0 fully saturated rings. The number of benzene rings is 1. The van der Waals surface area contributed by atoms with Crippen LogP contribution in [0, 0.1) is 6.92 Å². The van der Waals surface area contributed by atoms with E-state index in [2.05, 4.69) is 15.2 Å². The second-order valence-corrected chi connectivity index (χ2v) is 5.38. The topological polar surface area (TPSA) is 75.7 Å². The molecule has 2 heterocycles. The van der Waals surface area contributed by atoms with Gasteiger partial charge in [-0.3, -0.25) is 4.57 Å². The predicted octanol–water partition coefficient (Wildman–Crippen LogP) is 2.64. The average molecular weight is 319 g/mol. The fraction of sp³-hybridized carbons (Fsp3) is 0.200. The average Bonchev–Trinajstić information content (AvgIpc) is 3.12. The van der Waals surface area contributed by atoms with E-state index in [-0.39, 0.29) is 12.3 Å². The maximum atomic E-state index is 11.4. The van der Waals surface area contributed by atoms with Gasteiger partial charge in [-0.1, -0.05) is 11.6 Å². The number of hydrogen-bond acceptors (Lipinski definition) is 3. The highest BCUT2D eigenvalue weighted by molar-refractivity contribution is 6.31. The van der Waals surface area contributed by atoms with Gasteiger partial charge in [0.05, 0.1) is 0 Å². The standard InChI is InChI=1S/C15H15ClN4O2/c1-9-6-13(22-8-14-18-19-15(21)20(14)2)10(7-11(9)16)12-4-3-5-17-12/h3-7,17H,8H2,1-2H3,(H,19,21). The lowest BCUT2D eigenvalue weighted by Crippen LogP contribution is -2.15. The quantitative estimate of drug-likeness (QED) is 0.776. The molecule has 0 aliphatic carbocycles. The molecule has 6 nitrogen and oxygen atoms in total. The van der Waals surface area contributed by atoms with Crippen LogP contribution in [0.25, 0.3) is 11.3 Å². The van der Waals surface area contributed by atoms with Crippen molar-refractivity contribution in [2.45, 2.75) is 13.5 Å². The van der Waals surface area contributed by atoms with Gasteiger partial charge in [0.1, 0.15) is 12.4 Å². The zero-order valence-electron chi connectivity index (χ0n) is 12.2. The van der Waals surface area contributed by atoms with Crippen LogP contribution in [0.1, 0.15) is 11.4 Å².